The lowest BCUT2D eigenvalue weighted by molar-refractivity contribution is -0.116. The molecule has 0 amide bonds. The number of hydrogen-bond donors (Lipinski definition) is 0. The molecule has 0 N–H and O–H groups in total. The largest absolute Gasteiger partial charge is 0.317 e. The molecule has 0 aliphatic carbocycles. The maximum Gasteiger partial charge on any atom is 0.134 e. The Morgan fingerprint density at radius 1 is 1.28 bits per heavy atom. The van der Waals surface area contributed by atoms with Crippen LogP contribution in [0.3, 0.4) is 0 Å². The van der Waals surface area contributed by atoms with E-state index >= 15 is 0 Å². The Balaban J connectivity index is 2.56. The summed E-state index contributed by atoms with van der Waals surface area (Å²) in [6.07, 6.45) is 0.476. The molecule has 0 bridgehead atoms. The third-order valence-electron chi connectivity index (χ3n) is 3.07. The van der Waals surface area contributed by atoms with Crippen molar-refractivity contribution in [3.63, 3.8) is 0 Å². The third-order valence-corrected chi connectivity index (χ3v) is 3.39. The van der Waals surface area contributed by atoms with Crippen LogP contribution in [0.4, 0.5) is 0 Å². The highest BCUT2D eigenvalue weighted by Gasteiger charge is 2.13. The number of hydrogen-bond acceptors (Lipinski definition) is 1. The molecule has 18 heavy (non-hydrogen) atoms. The lowest BCUT2D eigenvalue weighted by Crippen LogP contribution is -2.02. The van der Waals surface area contributed by atoms with Crippen molar-refractivity contribution in [1.29, 1.82) is 0 Å². The van der Waals surface area contributed by atoms with Gasteiger partial charge in [-0.1, -0.05) is 23.7 Å². The van der Waals surface area contributed by atoms with Crippen LogP contribution in [0.2, 0.25) is 5.02 Å². The zero-order valence-electron chi connectivity index (χ0n) is 10.8. The number of rotatable bonds is 3. The molecular formula is C15H16ClNO. The molecule has 2 nitrogen and oxygen atoms in total. The van der Waals surface area contributed by atoms with Gasteiger partial charge in [0.05, 0.1) is 10.7 Å². The molecule has 1 heterocycles. The summed E-state index contributed by atoms with van der Waals surface area (Å²) >= 11 is 6.23. The van der Waals surface area contributed by atoms with E-state index in [9.17, 15) is 4.79 Å². The van der Waals surface area contributed by atoms with Gasteiger partial charge in [0, 0.05) is 17.8 Å². The summed E-state index contributed by atoms with van der Waals surface area (Å²) in [5.74, 6) is 0.175. The standard InChI is InChI=1S/C15H16ClNO/c1-10-8-13(9-11(2)18)12(3)17(10)15-7-5-4-6-14(15)16/h4-8H,9H2,1-3H3. The van der Waals surface area contributed by atoms with E-state index in [2.05, 4.69) is 10.6 Å². The van der Waals surface area contributed by atoms with E-state index in [4.69, 9.17) is 11.6 Å². The van der Waals surface area contributed by atoms with Gasteiger partial charge in [0.2, 0.25) is 0 Å². The quantitative estimate of drug-likeness (QED) is 0.822. The Labute approximate surface area is 112 Å². The van der Waals surface area contributed by atoms with Crippen LogP contribution < -0.4 is 0 Å². The first-order valence-electron chi connectivity index (χ1n) is 5.93. The molecule has 3 heteroatoms. The molecule has 1 aromatic heterocycles. The molecule has 94 valence electrons. The number of nitrogens with zero attached hydrogens (tertiary/aromatic N) is 1. The van der Waals surface area contributed by atoms with Crippen LogP contribution in [-0.2, 0) is 11.2 Å². The molecule has 0 saturated carbocycles. The number of para-hydroxylation sites is 1. The van der Waals surface area contributed by atoms with E-state index in [0.717, 1.165) is 22.6 Å². The smallest absolute Gasteiger partial charge is 0.134 e. The van der Waals surface area contributed by atoms with E-state index in [1.54, 1.807) is 6.92 Å². The monoisotopic (exact) mass is 261 g/mol. The van der Waals surface area contributed by atoms with Crippen molar-refractivity contribution in [2.24, 2.45) is 0 Å². The average Bonchev–Trinajstić information content (AvgIpc) is 2.55. The van der Waals surface area contributed by atoms with Gasteiger partial charge < -0.3 is 4.57 Å². The number of aromatic nitrogens is 1. The molecule has 2 aromatic rings. The second-order valence-corrected chi connectivity index (χ2v) is 4.97. The highest BCUT2D eigenvalue weighted by molar-refractivity contribution is 6.32. The van der Waals surface area contributed by atoms with Gasteiger partial charge in [-0.05, 0) is 44.5 Å². The summed E-state index contributed by atoms with van der Waals surface area (Å²) < 4.78 is 2.10. The van der Waals surface area contributed by atoms with Crippen LogP contribution in [-0.4, -0.2) is 10.4 Å². The fourth-order valence-electron chi connectivity index (χ4n) is 2.28. The predicted octanol–water partition coefficient (Wildman–Crippen LogP) is 3.88. The predicted molar refractivity (Wildman–Crippen MR) is 74.6 cm³/mol. The number of carbonyl (C=O) groups excluding carboxylic acids is 1. The first-order chi connectivity index (χ1) is 8.50. The second kappa shape index (κ2) is 4.99. The fraction of sp³-hybridized carbons (Fsp3) is 0.267. The van der Waals surface area contributed by atoms with Crippen molar-refractivity contribution in [1.82, 2.24) is 4.57 Å². The molecule has 0 fully saturated rings. The van der Waals surface area contributed by atoms with Crippen LogP contribution >= 0.6 is 11.6 Å². The van der Waals surface area contributed by atoms with Crippen molar-refractivity contribution >= 4 is 17.4 Å². The molecule has 0 saturated heterocycles. The first kappa shape index (κ1) is 12.9. The topological polar surface area (TPSA) is 22.0 Å². The Kier molecular flexibility index (Phi) is 3.58. The lowest BCUT2D eigenvalue weighted by atomic mass is 10.1. The highest BCUT2D eigenvalue weighted by atomic mass is 35.5. The zero-order valence-corrected chi connectivity index (χ0v) is 11.6. The van der Waals surface area contributed by atoms with E-state index in [1.807, 2.05) is 38.1 Å². The molecule has 2 rings (SSSR count). The minimum Gasteiger partial charge on any atom is -0.317 e. The number of aryl methyl sites for hydroxylation is 1. The van der Waals surface area contributed by atoms with Crippen molar-refractivity contribution in [3.8, 4) is 5.69 Å². The number of benzene rings is 1. The summed E-state index contributed by atoms with van der Waals surface area (Å²) in [6.45, 7) is 5.66. The highest BCUT2D eigenvalue weighted by Crippen LogP contribution is 2.26. The average molecular weight is 262 g/mol. The molecular weight excluding hydrogens is 246 g/mol. The van der Waals surface area contributed by atoms with Crippen LogP contribution in [0, 0.1) is 13.8 Å². The second-order valence-electron chi connectivity index (χ2n) is 4.56. The maximum absolute atomic E-state index is 11.3. The SMILES string of the molecule is CC(=O)Cc1cc(C)n(-c2ccccc2Cl)c1C. The first-order valence-corrected chi connectivity index (χ1v) is 6.30. The van der Waals surface area contributed by atoms with Gasteiger partial charge in [-0.25, -0.2) is 0 Å². The minimum atomic E-state index is 0.175. The summed E-state index contributed by atoms with van der Waals surface area (Å²) in [5, 5.41) is 0.716. The Morgan fingerprint density at radius 2 is 1.94 bits per heavy atom. The van der Waals surface area contributed by atoms with Crippen molar-refractivity contribution in [2.45, 2.75) is 27.2 Å². The molecule has 0 unspecified atom stereocenters. The number of halogens is 1. The normalized spacial score (nSPS) is 10.7. The summed E-state index contributed by atoms with van der Waals surface area (Å²) in [6, 6.07) is 9.79. The van der Waals surface area contributed by atoms with Crippen LogP contribution in [0.15, 0.2) is 30.3 Å². The number of Topliss-reactive ketones (excluding diaryl/α,β-unsaturated/α-hetero) is 1. The molecule has 0 spiro atoms. The minimum absolute atomic E-state index is 0.175. The Morgan fingerprint density at radius 3 is 2.56 bits per heavy atom. The van der Waals surface area contributed by atoms with Crippen molar-refractivity contribution in [3.05, 3.63) is 52.3 Å². The number of ketones is 1. The van der Waals surface area contributed by atoms with Gasteiger partial charge in [-0.2, -0.15) is 0 Å². The van der Waals surface area contributed by atoms with Gasteiger partial charge in [0.25, 0.3) is 0 Å². The van der Waals surface area contributed by atoms with Crippen LogP contribution in [0.25, 0.3) is 5.69 Å². The van der Waals surface area contributed by atoms with E-state index in [-0.39, 0.29) is 5.78 Å². The van der Waals surface area contributed by atoms with Crippen LogP contribution in [0.1, 0.15) is 23.9 Å². The molecule has 0 atom stereocenters. The van der Waals surface area contributed by atoms with E-state index in [1.165, 1.54) is 0 Å². The zero-order chi connectivity index (χ0) is 13.3. The van der Waals surface area contributed by atoms with E-state index in [0.29, 0.717) is 11.4 Å². The van der Waals surface area contributed by atoms with Gasteiger partial charge in [-0.15, -0.1) is 0 Å². The third kappa shape index (κ3) is 2.34. The molecule has 1 aromatic carbocycles. The summed E-state index contributed by atoms with van der Waals surface area (Å²) in [5.41, 5.74) is 4.21. The van der Waals surface area contributed by atoms with Gasteiger partial charge in [-0.3, -0.25) is 4.79 Å². The summed E-state index contributed by atoms with van der Waals surface area (Å²) in [4.78, 5) is 11.3. The van der Waals surface area contributed by atoms with E-state index < -0.39 is 0 Å². The Hall–Kier alpha value is -1.54. The molecule has 0 aliphatic heterocycles. The molecule has 0 radical (unpaired) electrons. The van der Waals surface area contributed by atoms with Crippen molar-refractivity contribution < 1.29 is 4.79 Å². The Bertz CT molecular complexity index is 599. The lowest BCUT2D eigenvalue weighted by Gasteiger charge is -2.11. The fourth-order valence-corrected chi connectivity index (χ4v) is 2.50. The van der Waals surface area contributed by atoms with Crippen LogP contribution in [0.5, 0.6) is 0 Å². The van der Waals surface area contributed by atoms with Gasteiger partial charge in [0.1, 0.15) is 5.78 Å². The number of carbonyl (C=O) groups is 1. The molecule has 0 aliphatic rings. The summed E-state index contributed by atoms with van der Waals surface area (Å²) in [7, 11) is 0. The van der Waals surface area contributed by atoms with Gasteiger partial charge in [0.15, 0.2) is 0 Å². The van der Waals surface area contributed by atoms with Crippen molar-refractivity contribution in [2.75, 3.05) is 0 Å². The van der Waals surface area contributed by atoms with Gasteiger partial charge >= 0.3 is 0 Å². The maximum atomic E-state index is 11.3.